The summed E-state index contributed by atoms with van der Waals surface area (Å²) in [5.41, 5.74) is 3.96. The standard InChI is InChI=1S/C23H21N3O4/c1-16-12-17(2)14-18(13-16)26(11-5-10-24)22(27)15-29-23(28)9-8-21-25-19-6-3-4-7-20(19)30-21/h3-4,6-9,12-14H,5,11,15H2,1-2H3/b9-8+. The highest BCUT2D eigenvalue weighted by atomic mass is 16.5. The summed E-state index contributed by atoms with van der Waals surface area (Å²) in [6.07, 6.45) is 2.73. The lowest BCUT2D eigenvalue weighted by atomic mass is 10.1. The van der Waals surface area contributed by atoms with Gasteiger partial charge in [-0.15, -0.1) is 0 Å². The molecule has 7 heteroatoms. The molecule has 1 amide bonds. The molecule has 7 nitrogen and oxygen atoms in total. The van der Waals surface area contributed by atoms with Crippen molar-refractivity contribution in [3.05, 3.63) is 65.6 Å². The zero-order valence-corrected chi connectivity index (χ0v) is 16.8. The highest BCUT2D eigenvalue weighted by molar-refractivity contribution is 5.96. The van der Waals surface area contributed by atoms with Gasteiger partial charge >= 0.3 is 5.97 Å². The second kappa shape index (κ2) is 9.52. The van der Waals surface area contributed by atoms with Crippen LogP contribution in [-0.4, -0.2) is 30.0 Å². The number of nitriles is 1. The molecule has 0 atom stereocenters. The van der Waals surface area contributed by atoms with E-state index in [1.807, 2.05) is 50.2 Å². The Balaban J connectivity index is 1.63. The molecule has 0 N–H and O–H groups in total. The molecular weight excluding hydrogens is 382 g/mol. The van der Waals surface area contributed by atoms with E-state index in [2.05, 4.69) is 4.98 Å². The minimum absolute atomic E-state index is 0.171. The Morgan fingerprint density at radius 2 is 1.93 bits per heavy atom. The number of ether oxygens (including phenoxy) is 1. The van der Waals surface area contributed by atoms with E-state index in [1.165, 1.54) is 11.0 Å². The van der Waals surface area contributed by atoms with Gasteiger partial charge in [-0.1, -0.05) is 18.2 Å². The van der Waals surface area contributed by atoms with Crippen molar-refractivity contribution in [1.29, 1.82) is 5.26 Å². The Morgan fingerprint density at radius 3 is 2.63 bits per heavy atom. The van der Waals surface area contributed by atoms with Crippen LogP contribution in [0.5, 0.6) is 0 Å². The molecule has 0 spiro atoms. The first kappa shape index (κ1) is 20.8. The number of hydrogen-bond acceptors (Lipinski definition) is 6. The molecule has 0 saturated heterocycles. The number of esters is 1. The van der Waals surface area contributed by atoms with Gasteiger partial charge in [0, 0.05) is 24.4 Å². The maximum absolute atomic E-state index is 12.7. The number of aromatic nitrogens is 1. The maximum atomic E-state index is 12.7. The maximum Gasteiger partial charge on any atom is 0.331 e. The number of hydrogen-bond donors (Lipinski definition) is 0. The van der Waals surface area contributed by atoms with Crippen molar-refractivity contribution in [3.63, 3.8) is 0 Å². The topological polar surface area (TPSA) is 96.4 Å². The minimum atomic E-state index is -0.689. The molecule has 152 valence electrons. The average Bonchev–Trinajstić information content (AvgIpc) is 3.13. The number of oxazole rings is 1. The number of benzene rings is 2. The number of nitrogens with zero attached hydrogens (tertiary/aromatic N) is 3. The Morgan fingerprint density at radius 1 is 1.20 bits per heavy atom. The van der Waals surface area contributed by atoms with Gasteiger partial charge in [0.1, 0.15) is 5.52 Å². The quantitative estimate of drug-likeness (QED) is 0.438. The molecule has 3 aromatic rings. The van der Waals surface area contributed by atoms with Gasteiger partial charge in [-0.3, -0.25) is 4.79 Å². The molecule has 0 radical (unpaired) electrons. The third kappa shape index (κ3) is 5.32. The third-order valence-electron chi connectivity index (χ3n) is 4.28. The summed E-state index contributed by atoms with van der Waals surface area (Å²) in [4.78, 5) is 30.4. The number of anilines is 1. The van der Waals surface area contributed by atoms with Crippen LogP contribution in [0.15, 0.2) is 53.0 Å². The van der Waals surface area contributed by atoms with Crippen LogP contribution >= 0.6 is 0 Å². The normalized spacial score (nSPS) is 10.8. The number of para-hydroxylation sites is 2. The Bertz CT molecular complexity index is 1090. The number of amides is 1. The van der Waals surface area contributed by atoms with Crippen LogP contribution in [-0.2, 0) is 14.3 Å². The van der Waals surface area contributed by atoms with Crippen molar-refractivity contribution in [3.8, 4) is 6.07 Å². The van der Waals surface area contributed by atoms with E-state index < -0.39 is 18.5 Å². The van der Waals surface area contributed by atoms with Gasteiger partial charge in [0.25, 0.3) is 5.91 Å². The number of rotatable bonds is 7. The van der Waals surface area contributed by atoms with Gasteiger partial charge in [-0.25, -0.2) is 9.78 Å². The molecule has 0 unspecified atom stereocenters. The Labute approximate surface area is 174 Å². The molecule has 1 heterocycles. The van der Waals surface area contributed by atoms with Crippen LogP contribution in [0.25, 0.3) is 17.2 Å². The minimum Gasteiger partial charge on any atom is -0.452 e. The average molecular weight is 403 g/mol. The largest absolute Gasteiger partial charge is 0.452 e. The smallest absolute Gasteiger partial charge is 0.331 e. The van der Waals surface area contributed by atoms with Gasteiger partial charge in [0.15, 0.2) is 12.2 Å². The van der Waals surface area contributed by atoms with Crippen molar-refractivity contribution < 1.29 is 18.7 Å². The Kier molecular flexibility index (Phi) is 6.60. The fraction of sp³-hybridized carbons (Fsp3) is 0.217. The predicted octanol–water partition coefficient (Wildman–Crippen LogP) is 3.95. The molecule has 0 aliphatic carbocycles. The predicted molar refractivity (Wildman–Crippen MR) is 113 cm³/mol. The molecule has 3 rings (SSSR count). The van der Waals surface area contributed by atoms with E-state index >= 15 is 0 Å². The summed E-state index contributed by atoms with van der Waals surface area (Å²) in [7, 11) is 0. The van der Waals surface area contributed by atoms with Crippen LogP contribution in [0.2, 0.25) is 0 Å². The fourth-order valence-electron chi connectivity index (χ4n) is 3.03. The van der Waals surface area contributed by atoms with Crippen LogP contribution < -0.4 is 4.90 Å². The summed E-state index contributed by atoms with van der Waals surface area (Å²) in [5.74, 6) is -0.824. The highest BCUT2D eigenvalue weighted by Gasteiger charge is 2.17. The van der Waals surface area contributed by atoms with Gasteiger partial charge in [-0.2, -0.15) is 5.26 Å². The zero-order valence-electron chi connectivity index (χ0n) is 16.8. The van der Waals surface area contributed by atoms with E-state index in [1.54, 1.807) is 12.1 Å². The lowest BCUT2D eigenvalue weighted by molar-refractivity contribution is -0.142. The van der Waals surface area contributed by atoms with Gasteiger partial charge in [0.05, 0.1) is 12.5 Å². The van der Waals surface area contributed by atoms with E-state index in [-0.39, 0.29) is 18.9 Å². The molecule has 0 saturated carbocycles. The summed E-state index contributed by atoms with van der Waals surface area (Å²) < 4.78 is 10.6. The van der Waals surface area contributed by atoms with E-state index in [0.29, 0.717) is 16.8 Å². The molecule has 1 aromatic heterocycles. The van der Waals surface area contributed by atoms with Crippen LogP contribution in [0.3, 0.4) is 0 Å². The first-order chi connectivity index (χ1) is 14.5. The second-order valence-corrected chi connectivity index (χ2v) is 6.76. The van der Waals surface area contributed by atoms with Crippen molar-refractivity contribution in [2.45, 2.75) is 20.3 Å². The molecular formula is C23H21N3O4. The van der Waals surface area contributed by atoms with Gasteiger partial charge in [-0.05, 0) is 49.2 Å². The van der Waals surface area contributed by atoms with Crippen molar-refractivity contribution in [2.24, 2.45) is 0 Å². The van der Waals surface area contributed by atoms with Crippen LogP contribution in [0.1, 0.15) is 23.4 Å². The number of aryl methyl sites for hydroxylation is 2. The first-order valence-electron chi connectivity index (χ1n) is 9.42. The van der Waals surface area contributed by atoms with Crippen LogP contribution in [0, 0.1) is 25.2 Å². The van der Waals surface area contributed by atoms with Crippen molar-refractivity contribution in [1.82, 2.24) is 4.98 Å². The molecule has 30 heavy (non-hydrogen) atoms. The molecule has 0 aliphatic rings. The third-order valence-corrected chi connectivity index (χ3v) is 4.28. The number of carbonyl (C=O) groups excluding carboxylic acids is 2. The van der Waals surface area contributed by atoms with Gasteiger partial charge < -0.3 is 14.1 Å². The summed E-state index contributed by atoms with van der Waals surface area (Å²) in [6, 6.07) is 15.0. The Hall–Kier alpha value is -3.92. The van der Waals surface area contributed by atoms with Crippen molar-refractivity contribution in [2.75, 3.05) is 18.1 Å². The summed E-state index contributed by atoms with van der Waals surface area (Å²) >= 11 is 0. The summed E-state index contributed by atoms with van der Waals surface area (Å²) in [5, 5.41) is 8.90. The van der Waals surface area contributed by atoms with Crippen LogP contribution in [0.4, 0.5) is 5.69 Å². The first-order valence-corrected chi connectivity index (χ1v) is 9.42. The molecule has 0 aliphatic heterocycles. The highest BCUT2D eigenvalue weighted by Crippen LogP contribution is 2.20. The molecule has 0 fully saturated rings. The number of fused-ring (bicyclic) bond motifs is 1. The zero-order chi connectivity index (χ0) is 21.5. The summed E-state index contributed by atoms with van der Waals surface area (Å²) in [6.45, 7) is 3.64. The fourth-order valence-corrected chi connectivity index (χ4v) is 3.03. The second-order valence-electron chi connectivity index (χ2n) is 6.76. The lowest BCUT2D eigenvalue weighted by Gasteiger charge is -2.22. The van der Waals surface area contributed by atoms with Gasteiger partial charge in [0.2, 0.25) is 5.89 Å². The van der Waals surface area contributed by atoms with E-state index in [9.17, 15) is 9.59 Å². The number of carbonyl (C=O) groups is 2. The van der Waals surface area contributed by atoms with E-state index in [4.69, 9.17) is 14.4 Å². The van der Waals surface area contributed by atoms with Crippen molar-refractivity contribution >= 4 is 34.7 Å². The molecule has 2 aromatic carbocycles. The monoisotopic (exact) mass is 403 g/mol. The lowest BCUT2D eigenvalue weighted by Crippen LogP contribution is -2.35. The van der Waals surface area contributed by atoms with E-state index in [0.717, 1.165) is 17.2 Å². The molecule has 0 bridgehead atoms. The SMILES string of the molecule is Cc1cc(C)cc(N(CCC#N)C(=O)COC(=O)/C=C/c2nc3ccccc3o2)c1.